The summed E-state index contributed by atoms with van der Waals surface area (Å²) in [6.07, 6.45) is 2.75. The third-order valence-electron chi connectivity index (χ3n) is 3.88. The maximum Gasteiger partial charge on any atom is 0.223 e. The van der Waals surface area contributed by atoms with Gasteiger partial charge in [0.1, 0.15) is 0 Å². The van der Waals surface area contributed by atoms with Crippen LogP contribution in [-0.2, 0) is 9.53 Å². The van der Waals surface area contributed by atoms with Crippen molar-refractivity contribution in [1.82, 2.24) is 5.32 Å². The number of hydrogen-bond acceptors (Lipinski definition) is 2. The van der Waals surface area contributed by atoms with Crippen LogP contribution in [0.2, 0.25) is 0 Å². The number of hydrogen-bond donors (Lipinski definition) is 1. The van der Waals surface area contributed by atoms with Gasteiger partial charge in [-0.15, -0.1) is 0 Å². The highest BCUT2D eigenvalue weighted by molar-refractivity contribution is 5.78. The van der Waals surface area contributed by atoms with Crippen molar-refractivity contribution in [3.05, 3.63) is 35.9 Å². The highest BCUT2D eigenvalue weighted by atomic mass is 16.5. The van der Waals surface area contributed by atoms with Gasteiger partial charge in [-0.2, -0.15) is 0 Å². The fourth-order valence-corrected chi connectivity index (χ4v) is 2.55. The number of carbonyl (C=O) groups excluding carboxylic acids is 1. The maximum absolute atomic E-state index is 12.1. The lowest BCUT2D eigenvalue weighted by atomic mass is 9.95. The van der Waals surface area contributed by atoms with Crippen LogP contribution >= 0.6 is 0 Å². The normalized spacial score (nSPS) is 17.9. The molecule has 1 atom stereocenters. The predicted octanol–water partition coefficient (Wildman–Crippen LogP) is 2.72. The van der Waals surface area contributed by atoms with E-state index >= 15 is 0 Å². The highest BCUT2D eigenvalue weighted by Crippen LogP contribution is 2.19. The Kier molecular flexibility index (Phi) is 5.40. The van der Waals surface area contributed by atoms with Crippen LogP contribution in [-0.4, -0.2) is 25.7 Å². The number of carbonyl (C=O) groups is 1. The molecule has 0 aromatic heterocycles. The molecule has 1 N–H and O–H groups in total. The van der Waals surface area contributed by atoms with Gasteiger partial charge in [0.2, 0.25) is 5.91 Å². The molecule has 1 fully saturated rings. The van der Waals surface area contributed by atoms with E-state index in [4.69, 9.17) is 4.74 Å². The Bertz CT molecular complexity index is 385. The average molecular weight is 261 g/mol. The van der Waals surface area contributed by atoms with Crippen LogP contribution in [0.15, 0.2) is 30.3 Å². The van der Waals surface area contributed by atoms with Gasteiger partial charge < -0.3 is 10.1 Å². The summed E-state index contributed by atoms with van der Waals surface area (Å²) in [5.41, 5.74) is 1.30. The van der Waals surface area contributed by atoms with E-state index in [9.17, 15) is 4.79 Å². The van der Waals surface area contributed by atoms with Gasteiger partial charge in [-0.05, 0) is 24.8 Å². The van der Waals surface area contributed by atoms with Gasteiger partial charge >= 0.3 is 0 Å². The maximum atomic E-state index is 12.1. The molecule has 1 heterocycles. The minimum Gasteiger partial charge on any atom is -0.381 e. The van der Waals surface area contributed by atoms with Crippen molar-refractivity contribution in [3.8, 4) is 0 Å². The Labute approximate surface area is 115 Å². The van der Waals surface area contributed by atoms with Crippen molar-refractivity contribution >= 4 is 5.91 Å². The quantitative estimate of drug-likeness (QED) is 0.885. The zero-order valence-electron chi connectivity index (χ0n) is 11.6. The SMILES string of the molecule is CCC(CNC(=O)C1CCOCC1)c1ccccc1. The zero-order valence-corrected chi connectivity index (χ0v) is 11.6. The van der Waals surface area contributed by atoms with E-state index in [1.165, 1.54) is 5.56 Å². The number of nitrogens with one attached hydrogen (secondary N) is 1. The van der Waals surface area contributed by atoms with Crippen LogP contribution in [0.4, 0.5) is 0 Å². The first-order valence-corrected chi connectivity index (χ1v) is 7.21. The Morgan fingerprint density at radius 2 is 2.00 bits per heavy atom. The van der Waals surface area contributed by atoms with E-state index in [0.717, 1.165) is 25.8 Å². The molecule has 1 aromatic carbocycles. The summed E-state index contributed by atoms with van der Waals surface area (Å²) in [6, 6.07) is 10.4. The van der Waals surface area contributed by atoms with Crippen molar-refractivity contribution in [3.63, 3.8) is 0 Å². The topological polar surface area (TPSA) is 38.3 Å². The largest absolute Gasteiger partial charge is 0.381 e. The van der Waals surface area contributed by atoms with E-state index in [0.29, 0.717) is 19.1 Å². The van der Waals surface area contributed by atoms with E-state index in [1.54, 1.807) is 0 Å². The molecular formula is C16H23NO2. The average Bonchev–Trinajstić information content (AvgIpc) is 2.49. The molecule has 2 rings (SSSR count). The van der Waals surface area contributed by atoms with Crippen molar-refractivity contribution < 1.29 is 9.53 Å². The first-order valence-electron chi connectivity index (χ1n) is 7.21. The molecule has 0 spiro atoms. The minimum absolute atomic E-state index is 0.141. The second-order valence-corrected chi connectivity index (χ2v) is 5.15. The van der Waals surface area contributed by atoms with Gasteiger partial charge in [0.05, 0.1) is 0 Å². The molecule has 1 aromatic rings. The van der Waals surface area contributed by atoms with Crippen LogP contribution in [0.1, 0.15) is 37.7 Å². The Balaban J connectivity index is 1.84. The van der Waals surface area contributed by atoms with Gasteiger partial charge in [0.15, 0.2) is 0 Å². The lowest BCUT2D eigenvalue weighted by molar-refractivity contribution is -0.127. The van der Waals surface area contributed by atoms with E-state index < -0.39 is 0 Å². The van der Waals surface area contributed by atoms with Gasteiger partial charge in [0, 0.05) is 31.6 Å². The summed E-state index contributed by atoms with van der Waals surface area (Å²) in [6.45, 7) is 4.33. The fourth-order valence-electron chi connectivity index (χ4n) is 2.55. The molecule has 3 heteroatoms. The number of benzene rings is 1. The molecule has 1 unspecified atom stereocenters. The van der Waals surface area contributed by atoms with Gasteiger partial charge in [-0.1, -0.05) is 37.3 Å². The Morgan fingerprint density at radius 3 is 2.63 bits per heavy atom. The second kappa shape index (κ2) is 7.29. The number of rotatable bonds is 5. The summed E-state index contributed by atoms with van der Waals surface area (Å²) in [4.78, 5) is 12.1. The minimum atomic E-state index is 0.141. The molecule has 3 nitrogen and oxygen atoms in total. The molecule has 1 aliphatic heterocycles. The summed E-state index contributed by atoms with van der Waals surface area (Å²) < 4.78 is 5.29. The molecule has 0 radical (unpaired) electrons. The van der Waals surface area contributed by atoms with Crippen LogP contribution in [0.5, 0.6) is 0 Å². The van der Waals surface area contributed by atoms with Gasteiger partial charge in [-0.25, -0.2) is 0 Å². The molecule has 1 amide bonds. The molecular weight excluding hydrogens is 238 g/mol. The molecule has 0 saturated carbocycles. The van der Waals surface area contributed by atoms with Crippen molar-refractivity contribution in [2.24, 2.45) is 5.92 Å². The van der Waals surface area contributed by atoms with E-state index in [1.807, 2.05) is 6.07 Å². The van der Waals surface area contributed by atoms with Crippen molar-refractivity contribution in [2.45, 2.75) is 32.1 Å². The lowest BCUT2D eigenvalue weighted by Crippen LogP contribution is -2.36. The molecule has 1 saturated heterocycles. The van der Waals surface area contributed by atoms with Gasteiger partial charge in [0.25, 0.3) is 0 Å². The first-order chi connectivity index (χ1) is 9.31. The molecule has 1 aliphatic rings. The van der Waals surface area contributed by atoms with Crippen LogP contribution in [0.25, 0.3) is 0 Å². The third kappa shape index (κ3) is 4.06. The summed E-state index contributed by atoms with van der Waals surface area (Å²) >= 11 is 0. The van der Waals surface area contributed by atoms with Crippen molar-refractivity contribution in [2.75, 3.05) is 19.8 Å². The van der Waals surface area contributed by atoms with E-state index in [2.05, 4.69) is 36.5 Å². The fraction of sp³-hybridized carbons (Fsp3) is 0.562. The Hall–Kier alpha value is -1.35. The molecule has 0 bridgehead atoms. The molecule has 0 aliphatic carbocycles. The van der Waals surface area contributed by atoms with E-state index in [-0.39, 0.29) is 11.8 Å². The van der Waals surface area contributed by atoms with Crippen LogP contribution in [0.3, 0.4) is 0 Å². The standard InChI is InChI=1S/C16H23NO2/c1-2-13(14-6-4-3-5-7-14)12-17-16(18)15-8-10-19-11-9-15/h3-7,13,15H,2,8-12H2,1H3,(H,17,18). The first kappa shape index (κ1) is 14.1. The third-order valence-corrected chi connectivity index (χ3v) is 3.88. The lowest BCUT2D eigenvalue weighted by Gasteiger charge is -2.23. The summed E-state index contributed by atoms with van der Waals surface area (Å²) in [5.74, 6) is 0.740. The number of amides is 1. The monoisotopic (exact) mass is 261 g/mol. The predicted molar refractivity (Wildman–Crippen MR) is 76.0 cm³/mol. The zero-order chi connectivity index (χ0) is 13.5. The van der Waals surface area contributed by atoms with Crippen LogP contribution < -0.4 is 5.32 Å². The summed E-state index contributed by atoms with van der Waals surface area (Å²) in [7, 11) is 0. The number of ether oxygens (including phenoxy) is 1. The smallest absolute Gasteiger partial charge is 0.223 e. The van der Waals surface area contributed by atoms with Crippen LogP contribution in [0, 0.1) is 5.92 Å². The second-order valence-electron chi connectivity index (χ2n) is 5.15. The Morgan fingerprint density at radius 1 is 1.32 bits per heavy atom. The summed E-state index contributed by atoms with van der Waals surface area (Å²) in [5, 5.41) is 3.11. The van der Waals surface area contributed by atoms with Crippen molar-refractivity contribution in [1.29, 1.82) is 0 Å². The highest BCUT2D eigenvalue weighted by Gasteiger charge is 2.22. The molecule has 19 heavy (non-hydrogen) atoms. The molecule has 104 valence electrons. The van der Waals surface area contributed by atoms with Gasteiger partial charge in [-0.3, -0.25) is 4.79 Å².